The van der Waals surface area contributed by atoms with Crippen LogP contribution in [-0.2, 0) is 35.2 Å². The lowest BCUT2D eigenvalue weighted by Gasteiger charge is -2.44. The van der Waals surface area contributed by atoms with Gasteiger partial charge in [-0.2, -0.15) is 9.97 Å². The average Bonchev–Trinajstić information content (AvgIpc) is 3.39. The van der Waals surface area contributed by atoms with Crippen LogP contribution in [0.5, 0.6) is 6.01 Å². The van der Waals surface area contributed by atoms with Crippen LogP contribution in [-0.4, -0.2) is 91.3 Å². The van der Waals surface area contributed by atoms with Gasteiger partial charge in [0.15, 0.2) is 0 Å². The number of amides is 1. The number of hydrogen-bond acceptors (Lipinski definition) is 7. The van der Waals surface area contributed by atoms with Crippen molar-refractivity contribution in [3.05, 3.63) is 58.8 Å². The summed E-state index contributed by atoms with van der Waals surface area (Å²) in [7, 11) is 3.86. The standard InChI is InChI=1S/C33H45N5O3/c1-5-30(39)38-17-16-37(20-26(38)21-40-4)31-28-12-14-33(13-11-27-23(2)8-6-9-24(27)18-33)19-29(28)34-32(35-31)41-22-25-10-7-15-36(25)3/h5-6,8-9,25-26H,1,7,10-22H2,2-4H3/t25-,26+,33+/m0/s1. The number of likely N-dealkylation sites (N-methyl/N-ethyl adjacent to an activating group) is 1. The number of aromatic nitrogens is 2. The molecule has 1 aromatic carbocycles. The van der Waals surface area contributed by atoms with E-state index >= 15 is 0 Å². The van der Waals surface area contributed by atoms with Gasteiger partial charge in [-0.05, 0) is 100 Å². The van der Waals surface area contributed by atoms with Crippen LogP contribution in [0.3, 0.4) is 0 Å². The molecule has 41 heavy (non-hydrogen) atoms. The Bertz CT molecular complexity index is 1300. The molecule has 0 N–H and O–H groups in total. The minimum Gasteiger partial charge on any atom is -0.462 e. The summed E-state index contributed by atoms with van der Waals surface area (Å²) >= 11 is 0. The second-order valence-electron chi connectivity index (χ2n) is 12.7. The smallest absolute Gasteiger partial charge is 0.318 e. The number of anilines is 1. The highest BCUT2D eigenvalue weighted by Gasteiger charge is 2.41. The summed E-state index contributed by atoms with van der Waals surface area (Å²) in [6.07, 6.45) is 10.3. The van der Waals surface area contributed by atoms with Crippen LogP contribution in [0.15, 0.2) is 30.9 Å². The molecule has 2 fully saturated rings. The third-order valence-electron chi connectivity index (χ3n) is 10.2. The SMILES string of the molecule is C=CC(=O)N1CCN(c2nc(OC[C@@H]3CCCN3C)nc3c2CC[C@@]2(CCc4c(C)cccc4C2)C3)C[C@@H]1COC. The third kappa shape index (κ3) is 5.61. The molecule has 220 valence electrons. The summed E-state index contributed by atoms with van der Waals surface area (Å²) in [5, 5.41) is 0. The molecule has 3 heterocycles. The van der Waals surface area contributed by atoms with Crippen molar-refractivity contribution in [2.75, 3.05) is 58.5 Å². The number of piperazine rings is 1. The molecule has 4 aliphatic rings. The summed E-state index contributed by atoms with van der Waals surface area (Å²) in [6, 6.07) is 7.63. The normalized spacial score (nSPS) is 26.1. The van der Waals surface area contributed by atoms with Gasteiger partial charge in [0, 0.05) is 38.3 Å². The Hall–Kier alpha value is -2.97. The molecule has 3 atom stereocenters. The van der Waals surface area contributed by atoms with E-state index in [1.807, 2.05) is 4.90 Å². The van der Waals surface area contributed by atoms with Crippen LogP contribution in [0, 0.1) is 12.3 Å². The van der Waals surface area contributed by atoms with E-state index in [-0.39, 0.29) is 17.4 Å². The van der Waals surface area contributed by atoms with E-state index in [0.29, 0.717) is 44.9 Å². The minimum atomic E-state index is -0.0607. The van der Waals surface area contributed by atoms with E-state index in [1.165, 1.54) is 35.6 Å². The molecule has 8 heteroatoms. The second-order valence-corrected chi connectivity index (χ2v) is 12.7. The molecule has 0 bridgehead atoms. The number of ether oxygens (including phenoxy) is 2. The fourth-order valence-electron chi connectivity index (χ4n) is 7.74. The molecule has 0 unspecified atom stereocenters. The molecule has 0 radical (unpaired) electrons. The summed E-state index contributed by atoms with van der Waals surface area (Å²) in [5.74, 6) is 0.939. The first-order chi connectivity index (χ1) is 19.9. The Morgan fingerprint density at radius 2 is 1.93 bits per heavy atom. The van der Waals surface area contributed by atoms with Crippen LogP contribution in [0.4, 0.5) is 5.82 Å². The Kier molecular flexibility index (Phi) is 8.05. The molecule has 2 aliphatic carbocycles. The Balaban J connectivity index is 1.30. The molecular weight excluding hydrogens is 514 g/mol. The van der Waals surface area contributed by atoms with E-state index in [0.717, 1.165) is 56.6 Å². The number of aryl methyl sites for hydroxylation is 1. The van der Waals surface area contributed by atoms with Crippen molar-refractivity contribution in [1.82, 2.24) is 19.8 Å². The van der Waals surface area contributed by atoms with Crippen molar-refractivity contribution in [1.29, 1.82) is 0 Å². The topological polar surface area (TPSA) is 71.0 Å². The quantitative estimate of drug-likeness (QED) is 0.479. The van der Waals surface area contributed by atoms with Gasteiger partial charge in [-0.1, -0.05) is 24.8 Å². The summed E-state index contributed by atoms with van der Waals surface area (Å²) in [6.45, 7) is 10.1. The van der Waals surface area contributed by atoms with Crippen molar-refractivity contribution in [2.24, 2.45) is 5.41 Å². The highest BCUT2D eigenvalue weighted by Crippen LogP contribution is 2.47. The molecule has 8 nitrogen and oxygen atoms in total. The molecule has 1 amide bonds. The van der Waals surface area contributed by atoms with Gasteiger partial charge < -0.3 is 24.2 Å². The lowest BCUT2D eigenvalue weighted by atomic mass is 9.63. The summed E-state index contributed by atoms with van der Waals surface area (Å²) in [4.78, 5) is 29.4. The fraction of sp³-hybridized carbons (Fsp3) is 0.606. The highest BCUT2D eigenvalue weighted by atomic mass is 16.5. The van der Waals surface area contributed by atoms with E-state index in [4.69, 9.17) is 19.4 Å². The van der Waals surface area contributed by atoms with Crippen molar-refractivity contribution in [3.8, 4) is 6.01 Å². The zero-order valence-electron chi connectivity index (χ0n) is 25.0. The number of likely N-dealkylation sites (tertiary alicyclic amines) is 1. The molecule has 6 rings (SSSR count). The van der Waals surface area contributed by atoms with Gasteiger partial charge in [-0.15, -0.1) is 0 Å². The second kappa shape index (κ2) is 11.7. The Labute approximate surface area is 244 Å². The van der Waals surface area contributed by atoms with E-state index < -0.39 is 0 Å². The van der Waals surface area contributed by atoms with Crippen LogP contribution in [0.2, 0.25) is 0 Å². The van der Waals surface area contributed by atoms with Gasteiger partial charge in [0.1, 0.15) is 12.4 Å². The molecule has 1 spiro atoms. The first kappa shape index (κ1) is 28.2. The number of benzene rings is 1. The fourth-order valence-corrected chi connectivity index (χ4v) is 7.74. The van der Waals surface area contributed by atoms with Gasteiger partial charge in [0.25, 0.3) is 0 Å². The molecule has 2 aliphatic heterocycles. The maximum absolute atomic E-state index is 12.6. The van der Waals surface area contributed by atoms with Crippen LogP contribution in [0.1, 0.15) is 53.6 Å². The number of methoxy groups -OCH3 is 1. The number of carbonyl (C=O) groups excluding carboxylic acids is 1. The molecular formula is C33H45N5O3. The van der Waals surface area contributed by atoms with Gasteiger partial charge in [-0.25, -0.2) is 0 Å². The lowest BCUT2D eigenvalue weighted by Crippen LogP contribution is -2.57. The van der Waals surface area contributed by atoms with Crippen molar-refractivity contribution in [3.63, 3.8) is 0 Å². The summed E-state index contributed by atoms with van der Waals surface area (Å²) < 4.78 is 11.9. The van der Waals surface area contributed by atoms with Crippen molar-refractivity contribution in [2.45, 2.75) is 70.4 Å². The third-order valence-corrected chi connectivity index (χ3v) is 10.2. The first-order valence-electron chi connectivity index (χ1n) is 15.4. The van der Waals surface area contributed by atoms with Crippen LogP contribution in [0.25, 0.3) is 0 Å². The van der Waals surface area contributed by atoms with Crippen LogP contribution >= 0.6 is 0 Å². The van der Waals surface area contributed by atoms with Crippen molar-refractivity contribution < 1.29 is 14.3 Å². The van der Waals surface area contributed by atoms with E-state index in [9.17, 15) is 4.79 Å². The highest BCUT2D eigenvalue weighted by molar-refractivity contribution is 5.87. The maximum Gasteiger partial charge on any atom is 0.318 e. The molecule has 2 saturated heterocycles. The Morgan fingerprint density at radius 1 is 1.10 bits per heavy atom. The lowest BCUT2D eigenvalue weighted by molar-refractivity contribution is -0.129. The van der Waals surface area contributed by atoms with Crippen molar-refractivity contribution >= 4 is 11.7 Å². The average molecular weight is 560 g/mol. The minimum absolute atomic E-state index is 0.0455. The van der Waals surface area contributed by atoms with E-state index in [1.54, 1.807) is 12.7 Å². The van der Waals surface area contributed by atoms with E-state index in [2.05, 4.69) is 48.5 Å². The zero-order chi connectivity index (χ0) is 28.6. The van der Waals surface area contributed by atoms with Gasteiger partial charge >= 0.3 is 6.01 Å². The van der Waals surface area contributed by atoms with Gasteiger partial charge in [-0.3, -0.25) is 4.79 Å². The monoisotopic (exact) mass is 559 g/mol. The Morgan fingerprint density at radius 3 is 2.68 bits per heavy atom. The number of fused-ring (bicyclic) bond motifs is 2. The molecule has 1 aromatic heterocycles. The molecule has 0 saturated carbocycles. The first-order valence-corrected chi connectivity index (χ1v) is 15.4. The summed E-state index contributed by atoms with van der Waals surface area (Å²) in [5.41, 5.74) is 7.13. The largest absolute Gasteiger partial charge is 0.462 e. The predicted octanol–water partition coefficient (Wildman–Crippen LogP) is 3.77. The number of carbonyl (C=O) groups is 1. The number of nitrogens with zero attached hydrogens (tertiary/aromatic N) is 5. The number of hydrogen-bond donors (Lipinski definition) is 0. The zero-order valence-corrected chi connectivity index (χ0v) is 25.0. The van der Waals surface area contributed by atoms with Gasteiger partial charge in [0.05, 0.1) is 18.3 Å². The van der Waals surface area contributed by atoms with Gasteiger partial charge in [0.2, 0.25) is 5.91 Å². The maximum atomic E-state index is 12.6. The predicted molar refractivity (Wildman–Crippen MR) is 161 cm³/mol. The number of rotatable bonds is 7. The molecule has 2 aromatic rings. The van der Waals surface area contributed by atoms with Crippen LogP contribution < -0.4 is 9.64 Å².